The van der Waals surface area contributed by atoms with Gasteiger partial charge in [-0.25, -0.2) is 0 Å². The lowest BCUT2D eigenvalue weighted by molar-refractivity contribution is -0.126. The average Bonchev–Trinajstić information content (AvgIpc) is 3.44. The first kappa shape index (κ1) is 41.9. The van der Waals surface area contributed by atoms with Crippen molar-refractivity contribution in [1.82, 2.24) is 10.6 Å². The first-order chi connectivity index (χ1) is 22.6. The van der Waals surface area contributed by atoms with Crippen molar-refractivity contribution in [2.24, 2.45) is 5.73 Å². The molecule has 0 spiro atoms. The Morgan fingerprint density at radius 2 is 2.00 bits per heavy atom. The molecule has 0 aromatic heterocycles. The van der Waals surface area contributed by atoms with Gasteiger partial charge < -0.3 is 50.3 Å². The fraction of sp³-hybridized carbons (Fsp3) is 0.667. The molecule has 0 saturated carbocycles. The molecule has 1 aliphatic rings. The second kappa shape index (κ2) is 24.0. The minimum Gasteiger partial charge on any atom is -0.490 e. The number of carbonyl (C=O) groups is 2. The van der Waals surface area contributed by atoms with E-state index in [0.29, 0.717) is 38.1 Å². The van der Waals surface area contributed by atoms with Crippen LogP contribution in [0.3, 0.4) is 0 Å². The minimum absolute atomic E-state index is 0.00428. The molecule has 1 fully saturated rings. The van der Waals surface area contributed by atoms with Crippen LogP contribution in [0.2, 0.25) is 0 Å². The maximum absolute atomic E-state index is 12.2. The van der Waals surface area contributed by atoms with Crippen LogP contribution in [-0.2, 0) is 23.7 Å². The fourth-order valence-electron chi connectivity index (χ4n) is 3.96. The predicted octanol–water partition coefficient (Wildman–Crippen LogP) is 1.63. The Labute approximate surface area is 294 Å². The fourth-order valence-corrected chi connectivity index (χ4v) is 7.58. The summed E-state index contributed by atoms with van der Waals surface area (Å²) in [5, 5.41) is 24.6. The first-order valence-electron chi connectivity index (χ1n) is 15.3. The number of rotatable bonds is 22. The van der Waals surface area contributed by atoms with Gasteiger partial charge in [0.15, 0.2) is 0 Å². The molecule has 17 heteroatoms. The molecule has 1 aromatic rings. The van der Waals surface area contributed by atoms with Gasteiger partial charge in [0.2, 0.25) is 13.2 Å². The Morgan fingerprint density at radius 1 is 1.19 bits per heavy atom. The molecular weight excluding hydrogens is 685 g/mol. The molecule has 2 unspecified atom stereocenters. The maximum atomic E-state index is 12.2. The molecule has 1 heterocycles. The minimum atomic E-state index is -0.462. The summed E-state index contributed by atoms with van der Waals surface area (Å²) in [4.78, 5) is 24.4. The molecule has 47 heavy (non-hydrogen) atoms. The molecule has 6 N–H and O–H groups in total. The third-order valence-electron chi connectivity index (χ3n) is 6.05. The van der Waals surface area contributed by atoms with Gasteiger partial charge in [-0.05, 0) is 30.9 Å². The summed E-state index contributed by atoms with van der Waals surface area (Å²) in [5.74, 6) is 5.96. The van der Waals surface area contributed by atoms with E-state index in [9.17, 15) is 19.8 Å². The number of hydrogen-bond donors (Lipinski definition) is 5. The summed E-state index contributed by atoms with van der Waals surface area (Å²) in [6.07, 6.45) is 1.69. The third-order valence-corrected chi connectivity index (χ3v) is 11.5. The van der Waals surface area contributed by atoms with E-state index in [2.05, 4.69) is 43.1 Å². The maximum Gasteiger partial charge on any atom is 0.251 e. The van der Waals surface area contributed by atoms with E-state index in [1.165, 1.54) is 21.6 Å². The lowest BCUT2D eigenvalue weighted by Crippen LogP contribution is -2.31. The number of hydrogen-bond acceptors (Lipinski definition) is 14. The Hall–Kier alpha value is -1.30. The van der Waals surface area contributed by atoms with Crippen LogP contribution in [-0.4, -0.2) is 129 Å². The Bertz CT molecular complexity index is 1130. The van der Waals surface area contributed by atoms with Crippen molar-refractivity contribution in [2.75, 3.05) is 65.5 Å². The third kappa shape index (κ3) is 18.3. The van der Waals surface area contributed by atoms with Gasteiger partial charge >= 0.3 is 0 Å². The second-order valence-electron chi connectivity index (χ2n) is 11.1. The van der Waals surface area contributed by atoms with Gasteiger partial charge in [0, 0.05) is 29.4 Å². The molecule has 12 nitrogen and oxygen atoms in total. The van der Waals surface area contributed by atoms with Gasteiger partial charge in [-0.2, -0.15) is 5.82 Å². The quantitative estimate of drug-likeness (QED) is 0.0383. The number of aliphatic hydroxyl groups is 2. The van der Waals surface area contributed by atoms with E-state index in [4.69, 9.17) is 29.4 Å². The van der Waals surface area contributed by atoms with Gasteiger partial charge in [0.1, 0.15) is 35.9 Å². The van der Waals surface area contributed by atoms with Crippen LogP contribution in [0.4, 0.5) is 0 Å². The summed E-state index contributed by atoms with van der Waals surface area (Å²) < 4.78 is 29.2. The van der Waals surface area contributed by atoms with Crippen molar-refractivity contribution >= 4 is 62.3 Å². The van der Waals surface area contributed by atoms with Gasteiger partial charge in [-0.3, -0.25) is 9.59 Å². The van der Waals surface area contributed by atoms with Crippen LogP contribution in [0, 0.1) is 11.7 Å². The Kier molecular flexibility index (Phi) is 21.3. The standard InChI is InChI=1S/C30H48BN3O9S4/c1-30(2,3)47-46-28(20-41-22-8-5-7-21(15-22)29(38)34-12-10-32)40-14-13-39-19-26(37)33-11-6-9-31-25-16-23(24(17-35)42-25)43-27(18-36)45-44-4/h5,7-8,15,23-25,27-28,31,35-36H,10-14,16-20,32H2,1-4H3,(H,33,37)(H,34,38)/t23-,24?,25-,27+,28?/m1/s1. The SMILES string of the molecule is CSS[C@@H](CO)O[C@@H]1C[C@H](BC#CCNC(=O)COCCOC(COc2cccc(C(=O)NCCN)c2)SSC(C)(C)C)OC1CO. The smallest absolute Gasteiger partial charge is 0.251 e. The number of aliphatic hydroxyl groups excluding tert-OH is 2. The zero-order chi connectivity index (χ0) is 34.5. The summed E-state index contributed by atoms with van der Waals surface area (Å²) in [7, 11) is 6.58. The van der Waals surface area contributed by atoms with Crippen LogP contribution in [0.25, 0.3) is 0 Å². The summed E-state index contributed by atoms with van der Waals surface area (Å²) in [5.41, 5.74) is 5.25. The molecule has 5 atom stereocenters. The van der Waals surface area contributed by atoms with Gasteiger partial charge in [0.25, 0.3) is 5.91 Å². The molecule has 1 aliphatic heterocycles. The van der Waals surface area contributed by atoms with E-state index >= 15 is 0 Å². The number of nitrogens with one attached hydrogen (secondary N) is 2. The number of ether oxygens (including phenoxy) is 5. The molecule has 0 radical (unpaired) electrons. The van der Waals surface area contributed by atoms with Crippen LogP contribution in [0.5, 0.6) is 5.75 Å². The lowest BCUT2D eigenvalue weighted by atomic mass is 9.71. The van der Waals surface area contributed by atoms with Crippen LogP contribution in [0.1, 0.15) is 37.6 Å². The van der Waals surface area contributed by atoms with E-state index in [-0.39, 0.29) is 85.7 Å². The normalized spacial score (nSPS) is 18.9. The van der Waals surface area contributed by atoms with Crippen molar-refractivity contribution in [3.05, 3.63) is 29.8 Å². The number of amides is 2. The monoisotopic (exact) mass is 733 g/mol. The highest BCUT2D eigenvalue weighted by atomic mass is 33.1. The van der Waals surface area contributed by atoms with Gasteiger partial charge in [-0.1, -0.05) is 75.9 Å². The molecular formula is C30H48BN3O9S4. The summed E-state index contributed by atoms with van der Waals surface area (Å²) in [6.45, 7) is 7.56. The van der Waals surface area contributed by atoms with E-state index < -0.39 is 6.10 Å². The summed E-state index contributed by atoms with van der Waals surface area (Å²) in [6, 6.07) is 6.73. The predicted molar refractivity (Wildman–Crippen MR) is 194 cm³/mol. The molecule has 1 aromatic carbocycles. The number of carbonyl (C=O) groups excluding carboxylic acids is 2. The zero-order valence-corrected chi connectivity index (χ0v) is 30.7. The lowest BCUT2D eigenvalue weighted by Gasteiger charge is -2.22. The number of nitrogens with two attached hydrogens (primary N) is 1. The first-order valence-corrected chi connectivity index (χ1v) is 20.1. The summed E-state index contributed by atoms with van der Waals surface area (Å²) >= 11 is 0. The van der Waals surface area contributed by atoms with Crippen LogP contribution < -0.4 is 21.1 Å². The highest BCUT2D eigenvalue weighted by Crippen LogP contribution is 2.38. The van der Waals surface area contributed by atoms with Crippen molar-refractivity contribution in [3.8, 4) is 17.5 Å². The van der Waals surface area contributed by atoms with Crippen molar-refractivity contribution in [1.29, 1.82) is 0 Å². The highest BCUT2D eigenvalue weighted by Gasteiger charge is 2.37. The van der Waals surface area contributed by atoms with Crippen molar-refractivity contribution in [2.45, 2.75) is 61.0 Å². The largest absolute Gasteiger partial charge is 0.490 e. The van der Waals surface area contributed by atoms with E-state index in [1.54, 1.807) is 45.9 Å². The topological polar surface area (TPSA) is 171 Å². The Balaban J connectivity index is 1.69. The molecule has 2 amide bonds. The molecule has 0 aliphatic carbocycles. The van der Waals surface area contributed by atoms with Gasteiger partial charge in [-0.15, -0.1) is 0 Å². The molecule has 264 valence electrons. The molecule has 1 saturated heterocycles. The van der Waals surface area contributed by atoms with E-state index in [1.807, 2.05) is 6.26 Å². The van der Waals surface area contributed by atoms with Crippen LogP contribution >= 0.6 is 43.2 Å². The van der Waals surface area contributed by atoms with Crippen molar-refractivity contribution in [3.63, 3.8) is 0 Å². The average molecular weight is 734 g/mol. The number of benzene rings is 1. The van der Waals surface area contributed by atoms with Gasteiger partial charge in [0.05, 0.1) is 39.1 Å². The van der Waals surface area contributed by atoms with Crippen molar-refractivity contribution < 1.29 is 43.5 Å². The van der Waals surface area contributed by atoms with E-state index in [0.717, 1.165) is 0 Å². The highest BCUT2D eigenvalue weighted by molar-refractivity contribution is 8.77. The molecule has 2 rings (SSSR count). The zero-order valence-electron chi connectivity index (χ0n) is 27.4. The second-order valence-corrected chi connectivity index (χ2v) is 16.9. The molecule has 0 bridgehead atoms. The Morgan fingerprint density at radius 3 is 2.70 bits per heavy atom. The van der Waals surface area contributed by atoms with Crippen LogP contribution in [0.15, 0.2) is 24.3 Å².